The SMILES string of the molecule is OC(CS)C(O)c1cnc(Cl)c(Cl)c1. The number of thiol groups is 1. The van der Waals surface area contributed by atoms with E-state index in [1.807, 2.05) is 0 Å². The Kier molecular flexibility index (Phi) is 4.47. The van der Waals surface area contributed by atoms with Crippen LogP contribution in [0.3, 0.4) is 0 Å². The number of pyridine rings is 1. The molecule has 0 fully saturated rings. The molecule has 0 spiro atoms. The zero-order chi connectivity index (χ0) is 10.7. The van der Waals surface area contributed by atoms with Gasteiger partial charge in [0.05, 0.1) is 11.1 Å². The van der Waals surface area contributed by atoms with Crippen LogP contribution in [-0.2, 0) is 0 Å². The molecule has 2 unspecified atom stereocenters. The normalized spacial score (nSPS) is 15.2. The second-order valence-electron chi connectivity index (χ2n) is 2.74. The number of halogens is 2. The van der Waals surface area contributed by atoms with Gasteiger partial charge >= 0.3 is 0 Å². The van der Waals surface area contributed by atoms with E-state index in [9.17, 15) is 10.2 Å². The largest absolute Gasteiger partial charge is 0.389 e. The molecule has 0 saturated heterocycles. The Morgan fingerprint density at radius 2 is 2.07 bits per heavy atom. The molecule has 1 aromatic rings. The lowest BCUT2D eigenvalue weighted by atomic mass is 10.1. The van der Waals surface area contributed by atoms with Crippen LogP contribution >= 0.6 is 35.8 Å². The molecule has 1 rings (SSSR count). The maximum Gasteiger partial charge on any atom is 0.147 e. The van der Waals surface area contributed by atoms with Gasteiger partial charge in [0.25, 0.3) is 0 Å². The third kappa shape index (κ3) is 2.74. The van der Waals surface area contributed by atoms with Crippen LogP contribution in [0.4, 0.5) is 0 Å². The van der Waals surface area contributed by atoms with E-state index in [0.29, 0.717) is 5.56 Å². The number of nitrogens with zero attached hydrogens (tertiary/aromatic N) is 1. The minimum absolute atomic E-state index is 0.154. The minimum Gasteiger partial charge on any atom is -0.389 e. The highest BCUT2D eigenvalue weighted by Gasteiger charge is 2.18. The molecule has 0 aliphatic rings. The van der Waals surface area contributed by atoms with Crippen molar-refractivity contribution in [1.82, 2.24) is 4.98 Å². The predicted molar refractivity (Wildman–Crippen MR) is 59.1 cm³/mol. The molecule has 78 valence electrons. The molecule has 0 aliphatic carbocycles. The van der Waals surface area contributed by atoms with Crippen molar-refractivity contribution in [2.45, 2.75) is 12.2 Å². The van der Waals surface area contributed by atoms with Gasteiger partial charge in [-0.1, -0.05) is 23.2 Å². The monoisotopic (exact) mass is 253 g/mol. The number of hydrogen-bond acceptors (Lipinski definition) is 4. The van der Waals surface area contributed by atoms with Crippen LogP contribution in [0.2, 0.25) is 10.2 Å². The molecule has 0 aromatic carbocycles. The van der Waals surface area contributed by atoms with Crippen LogP contribution in [0.1, 0.15) is 11.7 Å². The molecular formula is C8H9Cl2NO2S. The average Bonchev–Trinajstić information content (AvgIpc) is 2.20. The summed E-state index contributed by atoms with van der Waals surface area (Å²) in [6.45, 7) is 0. The summed E-state index contributed by atoms with van der Waals surface area (Å²) in [4.78, 5) is 3.75. The zero-order valence-corrected chi connectivity index (χ0v) is 9.47. The van der Waals surface area contributed by atoms with Gasteiger partial charge in [-0.2, -0.15) is 12.6 Å². The number of rotatable bonds is 3. The fourth-order valence-corrected chi connectivity index (χ4v) is 1.40. The Labute approximate surface area is 97.1 Å². The van der Waals surface area contributed by atoms with Crippen LogP contribution < -0.4 is 0 Å². The molecule has 1 heterocycles. The van der Waals surface area contributed by atoms with E-state index in [4.69, 9.17) is 23.2 Å². The quantitative estimate of drug-likeness (QED) is 0.568. The van der Waals surface area contributed by atoms with Gasteiger partial charge in [0, 0.05) is 17.5 Å². The van der Waals surface area contributed by atoms with Gasteiger partial charge in [0.1, 0.15) is 11.3 Å². The molecule has 0 saturated carbocycles. The highest BCUT2D eigenvalue weighted by Crippen LogP contribution is 2.24. The van der Waals surface area contributed by atoms with E-state index in [2.05, 4.69) is 17.6 Å². The molecule has 6 heteroatoms. The van der Waals surface area contributed by atoms with E-state index >= 15 is 0 Å². The number of aliphatic hydroxyl groups is 2. The van der Waals surface area contributed by atoms with Crippen molar-refractivity contribution in [2.24, 2.45) is 0 Å². The van der Waals surface area contributed by atoms with Crippen molar-refractivity contribution in [3.8, 4) is 0 Å². The lowest BCUT2D eigenvalue weighted by Gasteiger charge is -2.15. The summed E-state index contributed by atoms with van der Waals surface area (Å²) in [5.74, 6) is 0.154. The Morgan fingerprint density at radius 1 is 1.43 bits per heavy atom. The van der Waals surface area contributed by atoms with Crippen molar-refractivity contribution in [1.29, 1.82) is 0 Å². The third-order valence-electron chi connectivity index (χ3n) is 1.71. The first-order chi connectivity index (χ1) is 6.56. The summed E-state index contributed by atoms with van der Waals surface area (Å²) in [5, 5.41) is 19.3. The Hall–Kier alpha value is -0.0000000000000000555. The molecular weight excluding hydrogens is 245 g/mol. The highest BCUT2D eigenvalue weighted by atomic mass is 35.5. The van der Waals surface area contributed by atoms with Crippen LogP contribution in [0.15, 0.2) is 12.3 Å². The van der Waals surface area contributed by atoms with Crippen molar-refractivity contribution in [2.75, 3.05) is 5.75 Å². The van der Waals surface area contributed by atoms with Crippen LogP contribution in [0, 0.1) is 0 Å². The number of aromatic nitrogens is 1. The molecule has 0 bridgehead atoms. The Morgan fingerprint density at radius 3 is 2.57 bits per heavy atom. The Balaban J connectivity index is 2.91. The predicted octanol–water partition coefficient (Wildman–Crippen LogP) is 1.71. The lowest BCUT2D eigenvalue weighted by molar-refractivity contribution is 0.0335. The minimum atomic E-state index is -1.05. The molecule has 14 heavy (non-hydrogen) atoms. The second-order valence-corrected chi connectivity index (χ2v) is 3.87. The van der Waals surface area contributed by atoms with Crippen LogP contribution in [-0.4, -0.2) is 27.1 Å². The van der Waals surface area contributed by atoms with E-state index in [0.717, 1.165) is 0 Å². The van der Waals surface area contributed by atoms with Crippen molar-refractivity contribution in [3.05, 3.63) is 28.0 Å². The van der Waals surface area contributed by atoms with Crippen molar-refractivity contribution in [3.63, 3.8) is 0 Å². The van der Waals surface area contributed by atoms with Gasteiger partial charge in [0.15, 0.2) is 0 Å². The maximum atomic E-state index is 9.56. The van der Waals surface area contributed by atoms with Gasteiger partial charge in [-0.3, -0.25) is 0 Å². The molecule has 2 N–H and O–H groups in total. The molecule has 0 aliphatic heterocycles. The van der Waals surface area contributed by atoms with Crippen LogP contribution in [0.5, 0.6) is 0 Å². The molecule has 0 amide bonds. The van der Waals surface area contributed by atoms with Gasteiger partial charge in [-0.05, 0) is 6.07 Å². The maximum absolute atomic E-state index is 9.56. The molecule has 2 atom stereocenters. The smallest absolute Gasteiger partial charge is 0.147 e. The lowest BCUT2D eigenvalue weighted by Crippen LogP contribution is -2.19. The van der Waals surface area contributed by atoms with Gasteiger partial charge in [0.2, 0.25) is 0 Å². The molecule has 3 nitrogen and oxygen atoms in total. The molecule has 0 radical (unpaired) electrons. The van der Waals surface area contributed by atoms with Crippen molar-refractivity contribution < 1.29 is 10.2 Å². The van der Waals surface area contributed by atoms with E-state index in [1.165, 1.54) is 12.3 Å². The number of aliphatic hydroxyl groups excluding tert-OH is 2. The third-order valence-corrected chi connectivity index (χ3v) is 2.77. The summed E-state index contributed by atoms with van der Waals surface area (Å²) in [6, 6.07) is 1.47. The summed E-state index contributed by atoms with van der Waals surface area (Å²) >= 11 is 15.2. The zero-order valence-electron chi connectivity index (χ0n) is 7.06. The first-order valence-electron chi connectivity index (χ1n) is 3.84. The van der Waals surface area contributed by atoms with Gasteiger partial charge in [-0.25, -0.2) is 4.98 Å². The molecule has 1 aromatic heterocycles. The summed E-state index contributed by atoms with van der Waals surface area (Å²) in [7, 11) is 0. The standard InChI is InChI=1S/C8H9Cl2NO2S/c9-5-1-4(2-11-8(5)10)7(13)6(12)3-14/h1-2,6-7,12-14H,3H2. The first-order valence-corrected chi connectivity index (χ1v) is 5.23. The van der Waals surface area contributed by atoms with E-state index in [1.54, 1.807) is 0 Å². The topological polar surface area (TPSA) is 53.4 Å². The first kappa shape index (κ1) is 12.1. The van der Waals surface area contributed by atoms with E-state index in [-0.39, 0.29) is 15.9 Å². The number of hydrogen-bond donors (Lipinski definition) is 3. The highest BCUT2D eigenvalue weighted by molar-refractivity contribution is 7.80. The van der Waals surface area contributed by atoms with Crippen LogP contribution in [0.25, 0.3) is 0 Å². The van der Waals surface area contributed by atoms with Gasteiger partial charge < -0.3 is 10.2 Å². The van der Waals surface area contributed by atoms with Crippen molar-refractivity contribution >= 4 is 35.8 Å². The summed E-state index contributed by atoms with van der Waals surface area (Å²) in [6.07, 6.45) is -0.627. The fourth-order valence-electron chi connectivity index (χ4n) is 0.920. The average molecular weight is 254 g/mol. The second kappa shape index (κ2) is 5.19. The summed E-state index contributed by atoms with van der Waals surface area (Å²) < 4.78 is 0. The fraction of sp³-hybridized carbons (Fsp3) is 0.375. The summed E-state index contributed by atoms with van der Waals surface area (Å²) in [5.41, 5.74) is 0.418. The van der Waals surface area contributed by atoms with E-state index < -0.39 is 12.2 Å². The van der Waals surface area contributed by atoms with Gasteiger partial charge in [-0.15, -0.1) is 0 Å². The Bertz CT molecular complexity index is 324.